The molecule has 0 saturated carbocycles. The Morgan fingerprint density at radius 2 is 1.65 bits per heavy atom. The van der Waals surface area contributed by atoms with Gasteiger partial charge in [0.15, 0.2) is 5.78 Å². The first kappa shape index (κ1) is 13.9. The molecule has 0 saturated heterocycles. The molecular formula is C14H10F3NO2. The van der Waals surface area contributed by atoms with Crippen molar-refractivity contribution in [1.82, 2.24) is 0 Å². The van der Waals surface area contributed by atoms with Gasteiger partial charge in [0.25, 0.3) is 0 Å². The minimum Gasteiger partial charge on any atom is -0.435 e. The topological polar surface area (TPSA) is 52.3 Å². The lowest BCUT2D eigenvalue weighted by atomic mass is 10.0. The van der Waals surface area contributed by atoms with Crippen LogP contribution in [0.2, 0.25) is 0 Å². The van der Waals surface area contributed by atoms with E-state index >= 15 is 0 Å². The molecular weight excluding hydrogens is 271 g/mol. The summed E-state index contributed by atoms with van der Waals surface area (Å²) >= 11 is 0. The summed E-state index contributed by atoms with van der Waals surface area (Å²) in [5.41, 5.74) is 5.62. The highest BCUT2D eigenvalue weighted by Gasteiger charge is 2.12. The Morgan fingerprint density at radius 1 is 1.05 bits per heavy atom. The smallest absolute Gasteiger partial charge is 0.387 e. The second-order valence-electron chi connectivity index (χ2n) is 3.97. The van der Waals surface area contributed by atoms with E-state index in [1.165, 1.54) is 36.4 Å². The molecule has 2 rings (SSSR count). The van der Waals surface area contributed by atoms with Crippen molar-refractivity contribution in [2.45, 2.75) is 6.61 Å². The number of carbonyl (C=O) groups is 1. The third-order valence-corrected chi connectivity index (χ3v) is 2.60. The predicted molar refractivity (Wildman–Crippen MR) is 67.3 cm³/mol. The number of ether oxygens (including phenoxy) is 1. The van der Waals surface area contributed by atoms with Crippen molar-refractivity contribution < 1.29 is 22.7 Å². The maximum Gasteiger partial charge on any atom is 0.387 e. The van der Waals surface area contributed by atoms with E-state index in [1.807, 2.05) is 0 Å². The van der Waals surface area contributed by atoms with Crippen LogP contribution < -0.4 is 10.5 Å². The van der Waals surface area contributed by atoms with E-state index in [9.17, 15) is 18.0 Å². The molecule has 0 fully saturated rings. The van der Waals surface area contributed by atoms with Crippen LogP contribution >= 0.6 is 0 Å². The number of ketones is 1. The molecule has 2 N–H and O–H groups in total. The summed E-state index contributed by atoms with van der Waals surface area (Å²) < 4.78 is 41.4. The average Bonchev–Trinajstić information content (AvgIpc) is 2.41. The molecule has 0 aliphatic rings. The van der Waals surface area contributed by atoms with E-state index in [4.69, 9.17) is 5.73 Å². The number of nitrogen functional groups attached to an aromatic ring is 1. The maximum absolute atomic E-state index is 13.3. The fraction of sp³-hybridized carbons (Fsp3) is 0.0714. The van der Waals surface area contributed by atoms with Gasteiger partial charge in [-0.1, -0.05) is 0 Å². The number of rotatable bonds is 4. The van der Waals surface area contributed by atoms with Crippen LogP contribution in [0.25, 0.3) is 0 Å². The second kappa shape index (κ2) is 5.64. The summed E-state index contributed by atoms with van der Waals surface area (Å²) in [6.07, 6.45) is 0. The average molecular weight is 281 g/mol. The van der Waals surface area contributed by atoms with Crippen molar-refractivity contribution in [3.05, 3.63) is 59.4 Å². The van der Waals surface area contributed by atoms with Crippen molar-refractivity contribution >= 4 is 11.5 Å². The highest BCUT2D eigenvalue weighted by atomic mass is 19.3. The highest BCUT2D eigenvalue weighted by molar-refractivity contribution is 6.09. The van der Waals surface area contributed by atoms with E-state index < -0.39 is 18.2 Å². The number of anilines is 1. The van der Waals surface area contributed by atoms with Crippen molar-refractivity contribution in [3.63, 3.8) is 0 Å². The van der Waals surface area contributed by atoms with Gasteiger partial charge in [0.2, 0.25) is 0 Å². The molecule has 104 valence electrons. The zero-order valence-electron chi connectivity index (χ0n) is 10.1. The summed E-state index contributed by atoms with van der Waals surface area (Å²) in [6, 6.07) is 8.85. The number of carbonyl (C=O) groups excluding carboxylic acids is 1. The molecule has 3 nitrogen and oxygen atoms in total. The lowest BCUT2D eigenvalue weighted by Crippen LogP contribution is -2.04. The SMILES string of the molecule is Nc1ccc(C(=O)c2ccc(OC(F)F)cc2)cc1F. The van der Waals surface area contributed by atoms with Crippen LogP contribution in [0.1, 0.15) is 15.9 Å². The molecule has 0 amide bonds. The number of hydrogen-bond donors (Lipinski definition) is 1. The molecule has 0 atom stereocenters. The van der Waals surface area contributed by atoms with Gasteiger partial charge in [-0.05, 0) is 42.5 Å². The molecule has 0 heterocycles. The van der Waals surface area contributed by atoms with Gasteiger partial charge in [-0.2, -0.15) is 8.78 Å². The molecule has 20 heavy (non-hydrogen) atoms. The lowest BCUT2D eigenvalue weighted by molar-refractivity contribution is -0.0498. The van der Waals surface area contributed by atoms with Gasteiger partial charge in [-0.15, -0.1) is 0 Å². The molecule has 6 heteroatoms. The van der Waals surface area contributed by atoms with E-state index in [1.54, 1.807) is 0 Å². The molecule has 0 spiro atoms. The van der Waals surface area contributed by atoms with Gasteiger partial charge in [0.1, 0.15) is 11.6 Å². The summed E-state index contributed by atoms with van der Waals surface area (Å²) in [5, 5.41) is 0. The number of alkyl halides is 2. The largest absolute Gasteiger partial charge is 0.435 e. The number of halogens is 3. The normalized spacial score (nSPS) is 10.6. The molecule has 2 aromatic rings. The van der Waals surface area contributed by atoms with Crippen LogP contribution in [0.5, 0.6) is 5.75 Å². The van der Waals surface area contributed by atoms with Gasteiger partial charge in [-0.3, -0.25) is 4.79 Å². The van der Waals surface area contributed by atoms with Crippen molar-refractivity contribution in [2.75, 3.05) is 5.73 Å². The van der Waals surface area contributed by atoms with Gasteiger partial charge >= 0.3 is 6.61 Å². The minimum atomic E-state index is -2.93. The van der Waals surface area contributed by atoms with E-state index in [-0.39, 0.29) is 22.6 Å². The van der Waals surface area contributed by atoms with Crippen molar-refractivity contribution in [3.8, 4) is 5.75 Å². The zero-order chi connectivity index (χ0) is 14.7. The Kier molecular flexibility index (Phi) is 3.93. The van der Waals surface area contributed by atoms with Gasteiger partial charge in [0.05, 0.1) is 5.69 Å². The second-order valence-corrected chi connectivity index (χ2v) is 3.97. The molecule has 0 aromatic heterocycles. The first-order chi connectivity index (χ1) is 9.47. The van der Waals surface area contributed by atoms with E-state index in [0.717, 1.165) is 6.07 Å². The van der Waals surface area contributed by atoms with Crippen LogP contribution in [-0.2, 0) is 0 Å². The Labute approximate surface area is 112 Å². The van der Waals surface area contributed by atoms with Crippen LogP contribution in [0.3, 0.4) is 0 Å². The molecule has 0 unspecified atom stereocenters. The van der Waals surface area contributed by atoms with Gasteiger partial charge in [-0.25, -0.2) is 4.39 Å². The van der Waals surface area contributed by atoms with Crippen LogP contribution in [0.4, 0.5) is 18.9 Å². The maximum atomic E-state index is 13.3. The fourth-order valence-corrected chi connectivity index (χ4v) is 1.62. The zero-order valence-corrected chi connectivity index (χ0v) is 10.1. The first-order valence-electron chi connectivity index (χ1n) is 5.62. The summed E-state index contributed by atoms with van der Waals surface area (Å²) in [4.78, 5) is 12.0. The number of hydrogen-bond acceptors (Lipinski definition) is 3. The Bertz CT molecular complexity index is 627. The molecule has 0 bridgehead atoms. The molecule has 0 radical (unpaired) electrons. The molecule has 0 aliphatic heterocycles. The summed E-state index contributed by atoms with van der Waals surface area (Å²) in [7, 11) is 0. The third-order valence-electron chi connectivity index (χ3n) is 2.60. The van der Waals surface area contributed by atoms with Crippen molar-refractivity contribution in [1.29, 1.82) is 0 Å². The Balaban J connectivity index is 2.22. The van der Waals surface area contributed by atoms with Gasteiger partial charge < -0.3 is 10.5 Å². The third kappa shape index (κ3) is 3.09. The number of nitrogens with two attached hydrogens (primary N) is 1. The quantitative estimate of drug-likeness (QED) is 0.691. The molecule has 0 aliphatic carbocycles. The standard InChI is InChI=1S/C14H10F3NO2/c15-11-7-9(3-6-12(11)18)13(19)8-1-4-10(5-2-8)20-14(16)17/h1-7,14H,18H2. The Hall–Kier alpha value is -2.50. The number of benzene rings is 2. The minimum absolute atomic E-state index is 0.0535. The van der Waals surface area contributed by atoms with Crippen molar-refractivity contribution in [2.24, 2.45) is 0 Å². The fourth-order valence-electron chi connectivity index (χ4n) is 1.62. The lowest BCUT2D eigenvalue weighted by Gasteiger charge is -2.06. The predicted octanol–water partition coefficient (Wildman–Crippen LogP) is 3.24. The first-order valence-corrected chi connectivity index (χ1v) is 5.62. The van der Waals surface area contributed by atoms with Gasteiger partial charge in [0, 0.05) is 11.1 Å². The summed E-state index contributed by atoms with van der Waals surface area (Å²) in [6.45, 7) is -2.93. The van der Waals surface area contributed by atoms with Crippen LogP contribution in [0.15, 0.2) is 42.5 Å². The summed E-state index contributed by atoms with van der Waals surface area (Å²) in [5.74, 6) is -1.18. The van der Waals surface area contributed by atoms with Crippen LogP contribution in [0, 0.1) is 5.82 Å². The Morgan fingerprint density at radius 3 is 2.20 bits per heavy atom. The highest BCUT2D eigenvalue weighted by Crippen LogP contribution is 2.19. The van der Waals surface area contributed by atoms with Crippen LogP contribution in [-0.4, -0.2) is 12.4 Å². The van der Waals surface area contributed by atoms with E-state index in [2.05, 4.69) is 4.74 Å². The van der Waals surface area contributed by atoms with E-state index in [0.29, 0.717) is 0 Å². The monoisotopic (exact) mass is 281 g/mol. The molecule has 2 aromatic carbocycles.